The lowest BCUT2D eigenvalue weighted by atomic mass is 10.1. The zero-order valence-electron chi connectivity index (χ0n) is 18.0. The topological polar surface area (TPSA) is 128 Å². The SMILES string of the molecule is O=C(CCCCCCC(=O)Nc1cccc(CCNC(C(=O)O)c2ccccc2)c1)NO. The van der Waals surface area contributed by atoms with Gasteiger partial charge < -0.3 is 15.7 Å². The van der Waals surface area contributed by atoms with Crippen molar-refractivity contribution >= 4 is 23.5 Å². The lowest BCUT2D eigenvalue weighted by Crippen LogP contribution is -2.30. The van der Waals surface area contributed by atoms with Gasteiger partial charge in [0.25, 0.3) is 0 Å². The highest BCUT2D eigenvalue weighted by atomic mass is 16.5. The van der Waals surface area contributed by atoms with Crippen LogP contribution in [0.4, 0.5) is 5.69 Å². The maximum atomic E-state index is 12.2. The molecule has 0 saturated heterocycles. The highest BCUT2D eigenvalue weighted by molar-refractivity contribution is 5.90. The molecule has 8 heteroatoms. The molecule has 8 nitrogen and oxygen atoms in total. The summed E-state index contributed by atoms with van der Waals surface area (Å²) in [7, 11) is 0. The summed E-state index contributed by atoms with van der Waals surface area (Å²) >= 11 is 0. The number of carboxylic acids is 1. The van der Waals surface area contributed by atoms with E-state index in [-0.39, 0.29) is 12.3 Å². The van der Waals surface area contributed by atoms with Gasteiger partial charge in [0.05, 0.1) is 0 Å². The Hall–Kier alpha value is -3.23. The number of amides is 2. The van der Waals surface area contributed by atoms with Crippen molar-refractivity contribution in [1.82, 2.24) is 10.8 Å². The third kappa shape index (κ3) is 9.28. The predicted octanol–water partition coefficient (Wildman–Crippen LogP) is 3.43. The molecular formula is C24H31N3O5. The molecule has 0 aliphatic heterocycles. The molecule has 0 bridgehead atoms. The van der Waals surface area contributed by atoms with E-state index in [1.165, 1.54) is 0 Å². The van der Waals surface area contributed by atoms with Crippen molar-refractivity contribution in [3.8, 4) is 0 Å². The van der Waals surface area contributed by atoms with E-state index in [1.807, 2.05) is 42.5 Å². The largest absolute Gasteiger partial charge is 0.480 e. The first kappa shape index (κ1) is 25.0. The van der Waals surface area contributed by atoms with Gasteiger partial charge in [0.1, 0.15) is 6.04 Å². The Bertz CT molecular complexity index is 873. The summed E-state index contributed by atoms with van der Waals surface area (Å²) in [5.74, 6) is -1.38. The number of nitrogens with one attached hydrogen (secondary N) is 3. The van der Waals surface area contributed by atoms with Crippen LogP contribution in [0.3, 0.4) is 0 Å². The molecule has 32 heavy (non-hydrogen) atoms. The molecule has 0 heterocycles. The first-order chi connectivity index (χ1) is 15.5. The second-order valence-corrected chi connectivity index (χ2v) is 7.58. The number of unbranched alkanes of at least 4 members (excludes halogenated alkanes) is 3. The van der Waals surface area contributed by atoms with Crippen LogP contribution in [0.5, 0.6) is 0 Å². The van der Waals surface area contributed by atoms with Crippen LogP contribution in [-0.2, 0) is 20.8 Å². The number of rotatable bonds is 14. The lowest BCUT2D eigenvalue weighted by Gasteiger charge is -2.15. The Balaban J connectivity index is 1.73. The van der Waals surface area contributed by atoms with Crippen LogP contribution >= 0.6 is 0 Å². The van der Waals surface area contributed by atoms with Gasteiger partial charge in [-0.25, -0.2) is 5.48 Å². The summed E-state index contributed by atoms with van der Waals surface area (Å²) in [5.41, 5.74) is 4.02. The van der Waals surface area contributed by atoms with Gasteiger partial charge in [0.2, 0.25) is 11.8 Å². The zero-order valence-corrected chi connectivity index (χ0v) is 18.0. The van der Waals surface area contributed by atoms with E-state index in [9.17, 15) is 19.5 Å². The van der Waals surface area contributed by atoms with Gasteiger partial charge in [-0.2, -0.15) is 0 Å². The van der Waals surface area contributed by atoms with Crippen LogP contribution in [0.1, 0.15) is 55.7 Å². The minimum Gasteiger partial charge on any atom is -0.480 e. The van der Waals surface area contributed by atoms with E-state index in [2.05, 4.69) is 10.6 Å². The number of anilines is 1. The average molecular weight is 442 g/mol. The van der Waals surface area contributed by atoms with Crippen LogP contribution in [0.2, 0.25) is 0 Å². The minimum atomic E-state index is -0.922. The minimum absolute atomic E-state index is 0.0663. The van der Waals surface area contributed by atoms with Crippen molar-refractivity contribution in [2.45, 2.75) is 51.0 Å². The number of hydrogen-bond donors (Lipinski definition) is 5. The summed E-state index contributed by atoms with van der Waals surface area (Å²) in [6.45, 7) is 0.484. The molecule has 0 aliphatic rings. The van der Waals surface area contributed by atoms with Gasteiger partial charge in [0.15, 0.2) is 0 Å². The monoisotopic (exact) mass is 441 g/mol. The van der Waals surface area contributed by atoms with Gasteiger partial charge in [-0.1, -0.05) is 55.3 Å². The first-order valence-electron chi connectivity index (χ1n) is 10.8. The second-order valence-electron chi connectivity index (χ2n) is 7.58. The molecule has 1 unspecified atom stereocenters. The maximum absolute atomic E-state index is 12.2. The molecule has 2 rings (SSSR count). The molecule has 0 spiro atoms. The van der Waals surface area contributed by atoms with Gasteiger partial charge in [-0.3, -0.25) is 19.6 Å². The predicted molar refractivity (Wildman–Crippen MR) is 121 cm³/mol. The molecule has 0 radical (unpaired) electrons. The molecular weight excluding hydrogens is 410 g/mol. The molecule has 5 N–H and O–H groups in total. The molecule has 2 aromatic rings. The third-order valence-corrected chi connectivity index (χ3v) is 5.04. The number of carbonyl (C=O) groups excluding carboxylic acids is 2. The van der Waals surface area contributed by atoms with Crippen LogP contribution < -0.4 is 16.1 Å². The Labute approximate surface area is 188 Å². The second kappa shape index (κ2) is 14.0. The number of hydroxylamine groups is 1. The molecule has 0 aromatic heterocycles. The van der Waals surface area contributed by atoms with E-state index >= 15 is 0 Å². The summed E-state index contributed by atoms with van der Waals surface area (Å²) < 4.78 is 0. The van der Waals surface area contributed by atoms with Gasteiger partial charge in [0, 0.05) is 25.1 Å². The lowest BCUT2D eigenvalue weighted by molar-refractivity contribution is -0.139. The molecule has 172 valence electrons. The molecule has 0 saturated carbocycles. The van der Waals surface area contributed by atoms with Gasteiger partial charge in [-0.15, -0.1) is 0 Å². The van der Waals surface area contributed by atoms with Crippen LogP contribution in [0.25, 0.3) is 0 Å². The van der Waals surface area contributed by atoms with Crippen LogP contribution in [-0.4, -0.2) is 34.6 Å². The number of aliphatic carboxylic acids is 1. The normalized spacial score (nSPS) is 11.5. The highest BCUT2D eigenvalue weighted by Crippen LogP contribution is 2.15. The molecule has 0 aliphatic carbocycles. The molecule has 1 atom stereocenters. The van der Waals surface area contributed by atoms with Crippen molar-refractivity contribution in [2.75, 3.05) is 11.9 Å². The van der Waals surface area contributed by atoms with E-state index in [4.69, 9.17) is 5.21 Å². The Morgan fingerprint density at radius 1 is 0.844 bits per heavy atom. The average Bonchev–Trinajstić information content (AvgIpc) is 2.79. The highest BCUT2D eigenvalue weighted by Gasteiger charge is 2.18. The standard InChI is InChI=1S/C24H31N3O5/c28-21(13-6-1-2-7-14-22(29)27-32)26-20-12-8-9-18(17-20)15-16-25-23(24(30)31)19-10-4-3-5-11-19/h3-5,8-12,17,23,25,32H,1-2,6-7,13-16H2,(H,26,28)(H,27,29)(H,30,31). The summed E-state index contributed by atoms with van der Waals surface area (Å²) in [6, 6.07) is 15.8. The number of carbonyl (C=O) groups is 3. The molecule has 2 amide bonds. The maximum Gasteiger partial charge on any atom is 0.325 e. The fourth-order valence-electron chi connectivity index (χ4n) is 3.36. The number of carboxylic acid groups (broad SMARTS) is 1. The first-order valence-corrected chi connectivity index (χ1v) is 10.8. The van der Waals surface area contributed by atoms with Gasteiger partial charge >= 0.3 is 5.97 Å². The Morgan fingerprint density at radius 3 is 2.19 bits per heavy atom. The number of benzene rings is 2. The van der Waals surface area contributed by atoms with Crippen molar-refractivity contribution in [2.24, 2.45) is 0 Å². The van der Waals surface area contributed by atoms with Crippen LogP contribution in [0.15, 0.2) is 54.6 Å². The Kier molecular flexibility index (Phi) is 10.9. The molecule has 0 fully saturated rings. The zero-order chi connectivity index (χ0) is 23.2. The van der Waals surface area contributed by atoms with Gasteiger partial charge in [-0.05, 0) is 42.5 Å². The van der Waals surface area contributed by atoms with E-state index in [0.717, 1.165) is 24.8 Å². The van der Waals surface area contributed by atoms with E-state index in [1.54, 1.807) is 17.6 Å². The summed E-state index contributed by atoms with van der Waals surface area (Å²) in [5, 5.41) is 23.9. The summed E-state index contributed by atoms with van der Waals surface area (Å²) in [4.78, 5) is 34.7. The van der Waals surface area contributed by atoms with Crippen molar-refractivity contribution < 1.29 is 24.7 Å². The van der Waals surface area contributed by atoms with Crippen molar-refractivity contribution in [1.29, 1.82) is 0 Å². The third-order valence-electron chi connectivity index (χ3n) is 5.04. The fourth-order valence-corrected chi connectivity index (χ4v) is 3.36. The smallest absolute Gasteiger partial charge is 0.325 e. The van der Waals surface area contributed by atoms with Crippen molar-refractivity contribution in [3.63, 3.8) is 0 Å². The van der Waals surface area contributed by atoms with Crippen LogP contribution in [0, 0.1) is 0 Å². The van der Waals surface area contributed by atoms with E-state index < -0.39 is 17.9 Å². The van der Waals surface area contributed by atoms with E-state index in [0.29, 0.717) is 37.1 Å². The van der Waals surface area contributed by atoms with Crippen molar-refractivity contribution in [3.05, 3.63) is 65.7 Å². The summed E-state index contributed by atoms with van der Waals surface area (Å²) in [6.07, 6.45) is 4.37. The fraction of sp³-hybridized carbons (Fsp3) is 0.375. The number of hydrogen-bond acceptors (Lipinski definition) is 5. The quantitative estimate of drug-likeness (QED) is 0.174. The Morgan fingerprint density at radius 2 is 1.53 bits per heavy atom. The molecule has 2 aromatic carbocycles.